The number of aromatic nitrogens is 2. The van der Waals surface area contributed by atoms with Crippen LogP contribution in [0, 0.1) is 13.8 Å². The number of fused-ring (bicyclic) bond motifs is 2. The van der Waals surface area contributed by atoms with E-state index in [1.807, 2.05) is 36.9 Å². The summed E-state index contributed by atoms with van der Waals surface area (Å²) in [6.07, 6.45) is 3.74. The minimum Gasteiger partial charge on any atom is -0.543 e. The van der Waals surface area contributed by atoms with Gasteiger partial charge in [-0.15, -0.1) is 23.1 Å². The Bertz CT molecular complexity index is 1510. The number of amides is 2. The number of aryl methyl sites for hydroxylation is 2. The lowest BCUT2D eigenvalue weighted by molar-refractivity contribution is -0.688. The lowest BCUT2D eigenvalue weighted by atomic mass is 10.0. The molecule has 5 rings (SSSR count). The zero-order chi connectivity index (χ0) is 26.4. The number of furan rings is 1. The lowest BCUT2D eigenvalue weighted by Gasteiger charge is -2.50. The third-order valence-electron chi connectivity index (χ3n) is 5.97. The first-order valence-electron chi connectivity index (χ1n) is 11.1. The number of pyridine rings is 1. The summed E-state index contributed by atoms with van der Waals surface area (Å²) in [6.45, 7) is 4.02. The average molecular weight is 543 g/mol. The van der Waals surface area contributed by atoms with Crippen molar-refractivity contribution in [1.29, 1.82) is 0 Å². The summed E-state index contributed by atoms with van der Waals surface area (Å²) in [5, 5.41) is 20.6. The van der Waals surface area contributed by atoms with Gasteiger partial charge in [-0.25, -0.2) is 4.98 Å². The van der Waals surface area contributed by atoms with Crippen LogP contribution in [0.15, 0.2) is 44.7 Å². The first-order valence-corrected chi connectivity index (χ1v) is 13.0. The molecular weight excluding hydrogens is 520 g/mol. The maximum atomic E-state index is 13.0. The highest BCUT2D eigenvalue weighted by atomic mass is 32.2. The smallest absolute Gasteiger partial charge is 0.276 e. The van der Waals surface area contributed by atoms with E-state index in [4.69, 9.17) is 15.0 Å². The standard InChI is InChI=1S/C23H22N6O6S2/c1-10-5-28(6-12-4-11(2)35-18(10)12)7-13-8-36-21-16(20(31)29(21)17(13)22(32)33)26-19(30)15(27-34-3)14-9-37-23(24)25-14/h4-6,9,16,21H,7-8H2,1-3H3,(H3-,24,25,26,30,32,33)/b27-15-/t16?,21-/m1/s1. The predicted molar refractivity (Wildman–Crippen MR) is 133 cm³/mol. The van der Waals surface area contributed by atoms with E-state index < -0.39 is 29.2 Å². The van der Waals surface area contributed by atoms with Crippen molar-refractivity contribution < 1.29 is 33.3 Å². The number of carboxylic acid groups (broad SMARTS) is 1. The SMILES string of the molecule is CO/N=C(\C(=O)NC1C(=O)N2C(C(=O)[O-])=C(C[n+]3cc(C)c4oc(C)cc4c3)CS[C@H]12)c1csc(N)n1. The molecule has 0 bridgehead atoms. The monoisotopic (exact) mass is 542 g/mol. The number of oxime groups is 1. The first-order chi connectivity index (χ1) is 17.7. The van der Waals surface area contributed by atoms with Crippen LogP contribution in [0.3, 0.4) is 0 Å². The second-order valence-corrected chi connectivity index (χ2v) is 10.5. The van der Waals surface area contributed by atoms with Gasteiger partial charge in [0, 0.05) is 16.7 Å². The molecule has 192 valence electrons. The number of carbonyl (C=O) groups is 3. The summed E-state index contributed by atoms with van der Waals surface area (Å²) in [5.41, 5.74) is 7.75. The predicted octanol–water partition coefficient (Wildman–Crippen LogP) is -0.170. The fourth-order valence-corrected chi connectivity index (χ4v) is 6.35. The van der Waals surface area contributed by atoms with Gasteiger partial charge in [-0.2, -0.15) is 4.57 Å². The number of carboxylic acids is 1. The molecule has 0 aliphatic carbocycles. The molecule has 2 atom stereocenters. The summed E-state index contributed by atoms with van der Waals surface area (Å²) in [6, 6.07) is 0.956. The summed E-state index contributed by atoms with van der Waals surface area (Å²) >= 11 is 2.48. The normalized spacial score (nSPS) is 19.6. The number of anilines is 1. The van der Waals surface area contributed by atoms with Crippen LogP contribution in [0.1, 0.15) is 17.0 Å². The third kappa shape index (κ3) is 4.42. The van der Waals surface area contributed by atoms with Crippen LogP contribution in [0.2, 0.25) is 0 Å². The number of thioether (sulfide) groups is 1. The van der Waals surface area contributed by atoms with Crippen LogP contribution >= 0.6 is 23.1 Å². The lowest BCUT2D eigenvalue weighted by Crippen LogP contribution is -2.71. The molecule has 1 unspecified atom stereocenters. The number of hydrogen-bond donors (Lipinski definition) is 2. The van der Waals surface area contributed by atoms with Crippen LogP contribution in [0.5, 0.6) is 0 Å². The highest BCUT2D eigenvalue weighted by Crippen LogP contribution is 2.40. The highest BCUT2D eigenvalue weighted by Gasteiger charge is 2.53. The van der Waals surface area contributed by atoms with Gasteiger partial charge in [0.15, 0.2) is 29.8 Å². The van der Waals surface area contributed by atoms with Gasteiger partial charge >= 0.3 is 0 Å². The number of nitrogens with two attached hydrogens (primary N) is 1. The molecule has 1 fully saturated rings. The number of aliphatic carboxylic acids is 1. The number of carbonyl (C=O) groups excluding carboxylic acids is 3. The number of nitrogen functional groups attached to an aromatic ring is 1. The van der Waals surface area contributed by atoms with Crippen LogP contribution in [-0.2, 0) is 25.8 Å². The summed E-state index contributed by atoms with van der Waals surface area (Å²) in [7, 11) is 1.28. The molecule has 37 heavy (non-hydrogen) atoms. The minimum atomic E-state index is -1.45. The van der Waals surface area contributed by atoms with Gasteiger partial charge in [0.25, 0.3) is 11.8 Å². The molecule has 14 heteroatoms. The molecule has 12 nitrogen and oxygen atoms in total. The summed E-state index contributed by atoms with van der Waals surface area (Å²) in [4.78, 5) is 48.1. The number of nitrogens with one attached hydrogen (secondary N) is 1. The zero-order valence-corrected chi connectivity index (χ0v) is 21.6. The molecule has 5 heterocycles. The van der Waals surface area contributed by atoms with Crippen molar-refractivity contribution in [2.45, 2.75) is 31.8 Å². The fourth-order valence-electron chi connectivity index (χ4n) is 4.47. The van der Waals surface area contributed by atoms with Crippen molar-refractivity contribution in [3.63, 3.8) is 0 Å². The Labute approximate surface area is 218 Å². The Morgan fingerprint density at radius 1 is 1.41 bits per heavy atom. The van der Waals surface area contributed by atoms with Crippen LogP contribution in [0.4, 0.5) is 5.13 Å². The highest BCUT2D eigenvalue weighted by molar-refractivity contribution is 8.00. The van der Waals surface area contributed by atoms with E-state index >= 15 is 0 Å². The molecule has 3 aromatic rings. The summed E-state index contributed by atoms with van der Waals surface area (Å²) in [5.74, 6) is -1.59. The van der Waals surface area contributed by atoms with Crippen molar-refractivity contribution in [2.24, 2.45) is 5.16 Å². The van der Waals surface area contributed by atoms with Crippen LogP contribution in [0.25, 0.3) is 11.0 Å². The fraction of sp³-hybridized carbons (Fsp3) is 0.304. The second-order valence-electron chi connectivity index (χ2n) is 8.55. The molecule has 3 N–H and O–H groups in total. The van der Waals surface area contributed by atoms with E-state index in [0.29, 0.717) is 11.3 Å². The Morgan fingerprint density at radius 3 is 2.86 bits per heavy atom. The number of β-lactam (4-membered cyclic amide) rings is 1. The summed E-state index contributed by atoms with van der Waals surface area (Å²) < 4.78 is 7.58. The van der Waals surface area contributed by atoms with Crippen molar-refractivity contribution in [3.8, 4) is 0 Å². The van der Waals surface area contributed by atoms with Gasteiger partial charge in [0.05, 0.1) is 22.6 Å². The number of thiazole rings is 1. The Balaban J connectivity index is 1.37. The quantitative estimate of drug-likeness (QED) is 0.178. The van der Waals surface area contributed by atoms with Crippen molar-refractivity contribution in [3.05, 3.63) is 52.1 Å². The van der Waals surface area contributed by atoms with E-state index in [0.717, 1.165) is 33.6 Å². The maximum absolute atomic E-state index is 13.0. The molecule has 0 radical (unpaired) electrons. The molecular formula is C23H22N6O6S2. The number of nitrogens with zero attached hydrogens (tertiary/aromatic N) is 4. The zero-order valence-electron chi connectivity index (χ0n) is 20.0. The molecule has 3 aromatic heterocycles. The second kappa shape index (κ2) is 9.52. The van der Waals surface area contributed by atoms with Gasteiger partial charge in [0.1, 0.15) is 35.6 Å². The molecule has 0 spiro atoms. The van der Waals surface area contributed by atoms with E-state index in [1.54, 1.807) is 5.38 Å². The van der Waals surface area contributed by atoms with Crippen molar-refractivity contribution in [1.82, 2.24) is 15.2 Å². The van der Waals surface area contributed by atoms with Gasteiger partial charge in [0.2, 0.25) is 0 Å². The van der Waals surface area contributed by atoms with Gasteiger partial charge in [-0.1, -0.05) is 5.16 Å². The van der Waals surface area contributed by atoms with E-state index in [-0.39, 0.29) is 28.8 Å². The number of hydrogen-bond acceptors (Lipinski definition) is 11. The van der Waals surface area contributed by atoms with Crippen molar-refractivity contribution in [2.75, 3.05) is 18.6 Å². The molecule has 2 aliphatic rings. The third-order valence-corrected chi connectivity index (χ3v) is 7.98. The molecule has 1 saturated heterocycles. The van der Waals surface area contributed by atoms with Crippen molar-refractivity contribution >= 4 is 62.7 Å². The minimum absolute atomic E-state index is 0.143. The van der Waals surface area contributed by atoms with Crippen LogP contribution in [-0.4, -0.2) is 57.7 Å². The molecule has 2 aliphatic heterocycles. The van der Waals surface area contributed by atoms with Gasteiger partial charge < -0.3 is 30.2 Å². The topological polar surface area (TPSA) is 167 Å². The van der Waals surface area contributed by atoms with Crippen LogP contribution < -0.4 is 20.7 Å². The van der Waals surface area contributed by atoms with E-state index in [9.17, 15) is 19.5 Å². The average Bonchev–Trinajstić information content (AvgIpc) is 3.45. The Morgan fingerprint density at radius 2 is 2.19 bits per heavy atom. The molecule has 2 amide bonds. The Kier molecular flexibility index (Phi) is 6.37. The number of rotatable bonds is 7. The molecule has 0 aromatic carbocycles. The maximum Gasteiger partial charge on any atom is 0.276 e. The largest absolute Gasteiger partial charge is 0.543 e. The molecule has 0 saturated carbocycles. The van der Waals surface area contributed by atoms with E-state index in [2.05, 4.69) is 15.5 Å². The van der Waals surface area contributed by atoms with E-state index in [1.165, 1.54) is 23.8 Å². The Hall–Kier alpha value is -3.91. The van der Waals surface area contributed by atoms with Gasteiger partial charge in [-0.05, 0) is 19.9 Å². The first kappa shape index (κ1) is 24.8. The van der Waals surface area contributed by atoms with Gasteiger partial charge in [-0.3, -0.25) is 14.5 Å².